The summed E-state index contributed by atoms with van der Waals surface area (Å²) in [5, 5.41) is 6.35. The molecule has 0 bridgehead atoms. The highest BCUT2D eigenvalue weighted by atomic mass is 16.5. The van der Waals surface area contributed by atoms with E-state index in [1.54, 1.807) is 0 Å². The fraction of sp³-hybridized carbons (Fsp3) is 0.409. The third-order valence-electron chi connectivity index (χ3n) is 4.68. The van der Waals surface area contributed by atoms with Crippen LogP contribution in [0.5, 0.6) is 5.75 Å². The molecule has 0 aliphatic carbocycles. The van der Waals surface area contributed by atoms with E-state index in [-0.39, 0.29) is 18.0 Å². The molecule has 3 rings (SSSR count). The quantitative estimate of drug-likeness (QED) is 0.788. The molecular weight excluding hydrogens is 340 g/mol. The summed E-state index contributed by atoms with van der Waals surface area (Å²) in [6.45, 7) is 6.72. The molecule has 1 aliphatic heterocycles. The van der Waals surface area contributed by atoms with E-state index in [0.717, 1.165) is 23.4 Å². The molecule has 1 heterocycles. The van der Waals surface area contributed by atoms with Gasteiger partial charge in [0.05, 0.1) is 19.3 Å². The van der Waals surface area contributed by atoms with Crippen molar-refractivity contribution in [1.29, 1.82) is 0 Å². The fourth-order valence-corrected chi connectivity index (χ4v) is 3.18. The first-order valence-electron chi connectivity index (χ1n) is 9.49. The van der Waals surface area contributed by atoms with E-state index in [1.807, 2.05) is 37.3 Å². The Morgan fingerprint density at radius 3 is 2.81 bits per heavy atom. The van der Waals surface area contributed by atoms with E-state index >= 15 is 0 Å². The summed E-state index contributed by atoms with van der Waals surface area (Å²) in [4.78, 5) is 12.2. The summed E-state index contributed by atoms with van der Waals surface area (Å²) in [7, 11) is 0. The Labute approximate surface area is 161 Å². The van der Waals surface area contributed by atoms with Crippen molar-refractivity contribution < 1.29 is 14.3 Å². The molecule has 0 aromatic heterocycles. The van der Waals surface area contributed by atoms with Crippen LogP contribution >= 0.6 is 0 Å². The molecule has 2 aromatic rings. The Hall–Kier alpha value is -2.37. The number of carbonyl (C=O) groups excluding carboxylic acids is 1. The van der Waals surface area contributed by atoms with Gasteiger partial charge in [0.1, 0.15) is 12.4 Å². The normalized spacial score (nSPS) is 17.9. The van der Waals surface area contributed by atoms with Crippen molar-refractivity contribution in [1.82, 2.24) is 10.6 Å². The molecule has 0 saturated carbocycles. The predicted octanol–water partition coefficient (Wildman–Crippen LogP) is 3.13. The van der Waals surface area contributed by atoms with E-state index in [0.29, 0.717) is 26.2 Å². The molecule has 1 amide bonds. The number of benzene rings is 2. The molecule has 1 saturated heterocycles. The maximum absolute atomic E-state index is 12.2. The summed E-state index contributed by atoms with van der Waals surface area (Å²) in [6, 6.07) is 16.2. The van der Waals surface area contributed by atoms with Gasteiger partial charge in [0.25, 0.3) is 0 Å². The first-order valence-corrected chi connectivity index (χ1v) is 9.49. The lowest BCUT2D eigenvalue weighted by Crippen LogP contribution is -2.44. The van der Waals surface area contributed by atoms with Crippen LogP contribution < -0.4 is 15.4 Å². The molecule has 5 nitrogen and oxygen atoms in total. The van der Waals surface area contributed by atoms with Crippen LogP contribution in [0.3, 0.4) is 0 Å². The number of aryl methyl sites for hydroxylation is 1. The number of morpholine rings is 1. The van der Waals surface area contributed by atoms with Crippen molar-refractivity contribution in [3.05, 3.63) is 65.2 Å². The van der Waals surface area contributed by atoms with Crippen LogP contribution in [0.2, 0.25) is 0 Å². The number of amides is 1. The molecule has 2 N–H and O–H groups in total. The molecule has 2 atom stereocenters. The Balaban J connectivity index is 1.47. The standard InChI is InChI=1S/C22H28N2O3/c1-16-4-3-5-18(12-16)14-27-21-8-6-19(7-9-21)17(2)24-22(25)13-20-15-26-11-10-23-20/h3-9,12,17,20,23H,10-11,13-15H2,1-2H3,(H,24,25). The van der Waals surface area contributed by atoms with Crippen molar-refractivity contribution in [2.75, 3.05) is 19.8 Å². The number of hydrogen-bond donors (Lipinski definition) is 2. The Morgan fingerprint density at radius 2 is 2.11 bits per heavy atom. The van der Waals surface area contributed by atoms with Crippen LogP contribution in [0.25, 0.3) is 0 Å². The van der Waals surface area contributed by atoms with Gasteiger partial charge in [-0.2, -0.15) is 0 Å². The van der Waals surface area contributed by atoms with E-state index in [1.165, 1.54) is 5.56 Å². The zero-order valence-corrected chi connectivity index (χ0v) is 16.0. The molecule has 1 aliphatic rings. The van der Waals surface area contributed by atoms with Crippen molar-refractivity contribution in [2.45, 2.75) is 39.0 Å². The molecule has 0 radical (unpaired) electrons. The number of ether oxygens (including phenoxy) is 2. The van der Waals surface area contributed by atoms with Crippen molar-refractivity contribution >= 4 is 5.91 Å². The molecule has 0 spiro atoms. The van der Waals surface area contributed by atoms with Crippen LogP contribution in [0, 0.1) is 6.92 Å². The third-order valence-corrected chi connectivity index (χ3v) is 4.68. The van der Waals surface area contributed by atoms with Gasteiger partial charge in [-0.05, 0) is 37.1 Å². The Morgan fingerprint density at radius 1 is 1.30 bits per heavy atom. The SMILES string of the molecule is Cc1cccc(COc2ccc(C(C)NC(=O)CC3COCCN3)cc2)c1. The molecule has 1 fully saturated rings. The molecule has 2 unspecified atom stereocenters. The monoisotopic (exact) mass is 368 g/mol. The molecule has 27 heavy (non-hydrogen) atoms. The minimum Gasteiger partial charge on any atom is -0.489 e. The molecule has 144 valence electrons. The zero-order chi connectivity index (χ0) is 19.1. The van der Waals surface area contributed by atoms with Gasteiger partial charge in [-0.25, -0.2) is 0 Å². The van der Waals surface area contributed by atoms with Gasteiger partial charge in [-0.1, -0.05) is 42.0 Å². The van der Waals surface area contributed by atoms with Gasteiger partial charge in [0, 0.05) is 19.0 Å². The molecule has 5 heteroatoms. The van der Waals surface area contributed by atoms with Crippen molar-refractivity contribution in [2.24, 2.45) is 0 Å². The second kappa shape index (κ2) is 9.53. The largest absolute Gasteiger partial charge is 0.489 e. The van der Waals surface area contributed by atoms with Crippen LogP contribution in [0.4, 0.5) is 0 Å². The van der Waals surface area contributed by atoms with Gasteiger partial charge in [0.15, 0.2) is 0 Å². The Kier molecular flexibility index (Phi) is 6.85. The zero-order valence-electron chi connectivity index (χ0n) is 16.0. The first kappa shape index (κ1) is 19.4. The van der Waals surface area contributed by atoms with Gasteiger partial charge in [-0.15, -0.1) is 0 Å². The second-order valence-corrected chi connectivity index (χ2v) is 7.07. The van der Waals surface area contributed by atoms with Gasteiger partial charge in [0.2, 0.25) is 5.91 Å². The molecule has 2 aromatic carbocycles. The van der Waals surface area contributed by atoms with Gasteiger partial charge in [-0.3, -0.25) is 4.79 Å². The summed E-state index contributed by atoms with van der Waals surface area (Å²) in [6.07, 6.45) is 0.433. The van der Waals surface area contributed by atoms with Crippen LogP contribution in [0.1, 0.15) is 36.1 Å². The maximum atomic E-state index is 12.2. The maximum Gasteiger partial charge on any atom is 0.222 e. The molecular formula is C22H28N2O3. The fourth-order valence-electron chi connectivity index (χ4n) is 3.18. The number of nitrogens with one attached hydrogen (secondary N) is 2. The number of carbonyl (C=O) groups is 1. The van der Waals surface area contributed by atoms with Gasteiger partial charge < -0.3 is 20.1 Å². The summed E-state index contributed by atoms with van der Waals surface area (Å²) in [5.74, 6) is 0.854. The highest BCUT2D eigenvalue weighted by molar-refractivity contribution is 5.77. The van der Waals surface area contributed by atoms with Crippen LogP contribution in [-0.4, -0.2) is 31.7 Å². The lowest BCUT2D eigenvalue weighted by Gasteiger charge is -2.24. The van der Waals surface area contributed by atoms with Crippen molar-refractivity contribution in [3.8, 4) is 5.75 Å². The van der Waals surface area contributed by atoms with E-state index in [2.05, 4.69) is 35.8 Å². The first-order chi connectivity index (χ1) is 13.1. The predicted molar refractivity (Wildman–Crippen MR) is 106 cm³/mol. The van der Waals surface area contributed by atoms with Crippen molar-refractivity contribution in [3.63, 3.8) is 0 Å². The topological polar surface area (TPSA) is 59.6 Å². The second-order valence-electron chi connectivity index (χ2n) is 7.07. The minimum atomic E-state index is -0.0483. The average Bonchev–Trinajstić information content (AvgIpc) is 2.67. The smallest absolute Gasteiger partial charge is 0.222 e. The third kappa shape index (κ3) is 6.08. The summed E-state index contributed by atoms with van der Waals surface area (Å²) >= 11 is 0. The van der Waals surface area contributed by atoms with E-state index in [4.69, 9.17) is 9.47 Å². The summed E-state index contributed by atoms with van der Waals surface area (Å²) in [5.41, 5.74) is 3.44. The average molecular weight is 368 g/mol. The lowest BCUT2D eigenvalue weighted by molar-refractivity contribution is -0.122. The number of hydrogen-bond acceptors (Lipinski definition) is 4. The van der Waals surface area contributed by atoms with E-state index < -0.39 is 0 Å². The lowest BCUT2D eigenvalue weighted by atomic mass is 10.1. The highest BCUT2D eigenvalue weighted by Crippen LogP contribution is 2.19. The number of rotatable bonds is 7. The van der Waals surface area contributed by atoms with Gasteiger partial charge >= 0.3 is 0 Å². The minimum absolute atomic E-state index is 0.0327. The van der Waals surface area contributed by atoms with E-state index in [9.17, 15) is 4.79 Å². The summed E-state index contributed by atoms with van der Waals surface area (Å²) < 4.78 is 11.2. The Bertz CT molecular complexity index is 739. The van der Waals surface area contributed by atoms with Crippen LogP contribution in [-0.2, 0) is 16.1 Å². The van der Waals surface area contributed by atoms with Crippen LogP contribution in [0.15, 0.2) is 48.5 Å². The highest BCUT2D eigenvalue weighted by Gasteiger charge is 2.18.